The molecule has 0 fully saturated rings. The second-order valence-electron chi connectivity index (χ2n) is 16.7. The minimum absolute atomic E-state index is 0. The summed E-state index contributed by atoms with van der Waals surface area (Å²) in [4.78, 5) is 9.61. The Morgan fingerprint density at radius 3 is 1.89 bits per heavy atom. The van der Waals surface area contributed by atoms with Gasteiger partial charge < -0.3 is 5.11 Å². The van der Waals surface area contributed by atoms with Crippen LogP contribution < -0.4 is 0 Å². The van der Waals surface area contributed by atoms with Crippen molar-refractivity contribution in [2.24, 2.45) is 0 Å². The van der Waals surface area contributed by atoms with E-state index in [0.29, 0.717) is 39.4 Å². The zero-order chi connectivity index (χ0) is 70.2. The average Bonchev–Trinajstić information content (AvgIpc) is 0.787. The van der Waals surface area contributed by atoms with Gasteiger partial charge in [-0.2, -0.15) is 0 Å². The SMILES string of the molecule is [2H]C([2H])([2H])c1cc(-c2ccccc2)ccc1-n1c(-c2cc(C(C([2H])([2H])[2H])(C([2H])([2H])[2H])C([2H])([2H])[2H])cc(C(C([2H])([2H])[2H])(C([2H])([2H])[2H])C([2H])([2H])[2H])c2O)nc2c(-c3[c-]c(-c4cc(-c5ccc(C(C([2H])([2H])[2H])(C([2H])([2H])[2H])C([2H])([2H])[2H])cc5)ccn4)cc(C(C)(C)C)c3)cccc21.[Pt]. The molecule has 2 heterocycles. The average molecular weight is 1050 g/mol. The predicted octanol–water partition coefficient (Wildman–Crippen LogP) is 15.8. The molecule has 0 aliphatic heterocycles. The van der Waals surface area contributed by atoms with Crippen molar-refractivity contribution >= 4 is 11.0 Å². The van der Waals surface area contributed by atoms with Crippen LogP contribution in [0.1, 0.15) is 151 Å². The molecule has 0 unspecified atom stereocenters. The Balaban J connectivity index is 0.0000125. The van der Waals surface area contributed by atoms with Crippen LogP contribution >= 0.6 is 0 Å². The number of aromatic nitrogens is 3. The molecule has 64 heavy (non-hydrogen) atoms. The van der Waals surface area contributed by atoms with Crippen LogP contribution in [0.5, 0.6) is 5.75 Å². The topological polar surface area (TPSA) is 50.9 Å². The van der Waals surface area contributed by atoms with E-state index in [9.17, 15) is 5.11 Å². The van der Waals surface area contributed by atoms with Gasteiger partial charge in [-0.25, -0.2) is 4.98 Å². The van der Waals surface area contributed by atoms with Gasteiger partial charge in [-0.05, 0) is 97.8 Å². The quantitative estimate of drug-likeness (QED) is 0.169. The van der Waals surface area contributed by atoms with Crippen LogP contribution in [0.2, 0.25) is 0 Å². The fourth-order valence-corrected chi connectivity index (χ4v) is 7.55. The van der Waals surface area contributed by atoms with Crippen LogP contribution in [0.15, 0.2) is 134 Å². The van der Waals surface area contributed by atoms with E-state index in [1.807, 2.05) is 20.8 Å². The Morgan fingerprint density at radius 1 is 0.562 bits per heavy atom. The van der Waals surface area contributed by atoms with Crippen LogP contribution in [-0.2, 0) is 42.7 Å². The maximum Gasteiger partial charge on any atom is 0.148 e. The van der Waals surface area contributed by atoms with Crippen molar-refractivity contribution < 1.29 is 67.3 Å². The maximum atomic E-state index is 13.0. The van der Waals surface area contributed by atoms with Crippen molar-refractivity contribution in [2.75, 3.05) is 0 Å². The largest absolute Gasteiger partial charge is 0.507 e. The summed E-state index contributed by atoms with van der Waals surface area (Å²) in [6, 6.07) is 32.8. The van der Waals surface area contributed by atoms with Crippen molar-refractivity contribution in [1.29, 1.82) is 0 Å². The van der Waals surface area contributed by atoms with Gasteiger partial charge in [0.05, 0.1) is 22.3 Å². The van der Waals surface area contributed by atoms with Crippen LogP contribution in [0.25, 0.3) is 72.7 Å². The van der Waals surface area contributed by atoms with E-state index >= 15 is 0 Å². The summed E-state index contributed by atoms with van der Waals surface area (Å²) < 4.78 is 259. The molecule has 0 saturated heterocycles. The normalized spacial score (nSPS) is 21.3. The molecule has 0 atom stereocenters. The number of aryl methyl sites for hydroxylation is 1. The summed E-state index contributed by atoms with van der Waals surface area (Å²) in [6.07, 6.45) is 1.43. The van der Waals surface area contributed by atoms with E-state index in [-0.39, 0.29) is 60.7 Å². The third kappa shape index (κ3) is 9.18. The summed E-state index contributed by atoms with van der Waals surface area (Å²) >= 11 is 0. The van der Waals surface area contributed by atoms with Crippen molar-refractivity contribution in [3.8, 4) is 67.5 Å². The number of imidazole rings is 1. The first-order valence-corrected chi connectivity index (χ1v) is 19.8. The summed E-state index contributed by atoms with van der Waals surface area (Å²) in [6.45, 7) is -33.4. The predicted molar refractivity (Wildman–Crippen MR) is 266 cm³/mol. The Hall–Kier alpha value is -5.57. The van der Waals surface area contributed by atoms with E-state index in [1.54, 1.807) is 60.7 Å². The molecule has 0 saturated carbocycles. The zero-order valence-electron chi connectivity index (χ0n) is 64.8. The molecule has 4 nitrogen and oxygen atoms in total. The number of rotatable bonds is 6. The summed E-state index contributed by atoms with van der Waals surface area (Å²) in [5.41, 5.74) is -14.7. The van der Waals surface area contributed by atoms with Crippen molar-refractivity contribution in [3.05, 3.63) is 167 Å². The van der Waals surface area contributed by atoms with Gasteiger partial charge in [0, 0.05) is 79.6 Å². The summed E-state index contributed by atoms with van der Waals surface area (Å²) in [5, 5.41) is 13.0. The molecule has 0 bridgehead atoms. The molecule has 2 aromatic heterocycles. The van der Waals surface area contributed by atoms with Gasteiger partial charge in [0.1, 0.15) is 11.6 Å². The summed E-state index contributed by atoms with van der Waals surface area (Å²) in [5.74, 6) is -2.31. The number of benzene rings is 6. The van der Waals surface area contributed by atoms with Crippen molar-refractivity contribution in [1.82, 2.24) is 14.5 Å². The van der Waals surface area contributed by atoms with Crippen molar-refractivity contribution in [3.63, 3.8) is 0 Å². The fourth-order valence-electron chi connectivity index (χ4n) is 7.55. The first kappa shape index (κ1) is 21.6. The Bertz CT molecular complexity index is 4010. The third-order valence-electron chi connectivity index (χ3n) is 10.9. The van der Waals surface area contributed by atoms with Gasteiger partial charge in [0.25, 0.3) is 0 Å². The van der Waals surface area contributed by atoms with Gasteiger partial charge in [-0.1, -0.05) is 178 Å². The number of phenolic OH excluding ortho intramolecular Hbond substituents is 1. The van der Waals surface area contributed by atoms with Crippen molar-refractivity contribution in [2.45, 2.75) is 111 Å². The zero-order valence-corrected chi connectivity index (χ0v) is 37.1. The van der Waals surface area contributed by atoms with E-state index < -0.39 is 130 Å². The van der Waals surface area contributed by atoms with Crippen LogP contribution in [0.4, 0.5) is 0 Å². The molecule has 8 rings (SSSR count). The van der Waals surface area contributed by atoms with Crippen LogP contribution in [-0.4, -0.2) is 19.6 Å². The number of aromatic hydroxyl groups is 1. The molecule has 1 N–H and O–H groups in total. The maximum absolute atomic E-state index is 13.0. The molecule has 0 radical (unpaired) electrons. The second kappa shape index (κ2) is 17.1. The molecular weight excluding hydrogens is 962 g/mol. The molecule has 0 amide bonds. The van der Waals surface area contributed by atoms with Crippen LogP contribution in [0, 0.1) is 12.9 Å². The first-order chi connectivity index (χ1) is 42.0. The molecule has 6 aromatic carbocycles. The minimum atomic E-state index is -4.30. The fraction of sp³-hybridized carbons (Fsp3) is 0.288. The molecule has 0 spiro atoms. The smallest absolute Gasteiger partial charge is 0.148 e. The van der Waals surface area contributed by atoms with Gasteiger partial charge in [0.15, 0.2) is 0 Å². The molecule has 330 valence electrons. The second-order valence-corrected chi connectivity index (χ2v) is 16.7. The number of pyridine rings is 1. The van der Waals surface area contributed by atoms with Gasteiger partial charge in [0.2, 0.25) is 0 Å². The first-order valence-electron chi connectivity index (χ1n) is 34.8. The number of nitrogens with zero attached hydrogens (tertiary/aromatic N) is 3. The van der Waals surface area contributed by atoms with Gasteiger partial charge in [-0.3, -0.25) is 9.55 Å². The monoisotopic (exact) mass is 1050 g/mol. The summed E-state index contributed by atoms with van der Waals surface area (Å²) in [7, 11) is 0. The number of para-hydroxylation sites is 1. The number of phenols is 1. The standard InChI is InChI=1S/C59H62N3O.Pt/c1-37-30-40(38-18-15-14-16-19-38)24-27-51(37)62-52-21-17-20-47(53(52)61-55(62)48-35-46(58(8,9)10)36-49(54(48)63)59(11,12)13)42-31-43(33-45(32-42)57(5,6)7)50-34-41(28-29-60-50)39-22-25-44(26-23-39)56(2,3)4;/h14-30,32-36,63H,1-13H3;/q-1;/i1D3,2D3,3D3,4D3,8D3,9D3,10D3,11D3,12D3,13D3;. The van der Waals surface area contributed by atoms with E-state index in [4.69, 9.17) is 46.1 Å². The molecular formula is C59H62N3OPt-. The molecule has 0 aliphatic rings. The van der Waals surface area contributed by atoms with E-state index in [2.05, 4.69) is 11.1 Å². The Kier molecular flexibility index (Phi) is 5.77. The number of fused-ring (bicyclic) bond motifs is 1. The number of hydrogen-bond donors (Lipinski definition) is 1. The Labute approximate surface area is 438 Å². The molecule has 0 aliphatic carbocycles. The molecule has 8 aromatic rings. The molecule has 5 heteroatoms. The number of hydrogen-bond acceptors (Lipinski definition) is 3. The van der Waals surface area contributed by atoms with Gasteiger partial charge >= 0.3 is 0 Å². The van der Waals surface area contributed by atoms with Gasteiger partial charge in [-0.15, -0.1) is 29.3 Å². The Morgan fingerprint density at radius 2 is 1.20 bits per heavy atom. The third-order valence-corrected chi connectivity index (χ3v) is 10.9. The van der Waals surface area contributed by atoms with E-state index in [0.717, 1.165) is 16.7 Å². The van der Waals surface area contributed by atoms with E-state index in [1.165, 1.54) is 48.7 Å². The minimum Gasteiger partial charge on any atom is -0.507 e. The van der Waals surface area contributed by atoms with Crippen LogP contribution in [0.3, 0.4) is 0 Å².